The number of methoxy groups -OCH3 is 1. The first-order chi connectivity index (χ1) is 20.0. The number of aliphatic imine (C=N–C) groups is 1. The fraction of sp³-hybridized carbons (Fsp3) is 0.875. The Labute approximate surface area is 248 Å². The van der Waals surface area contributed by atoms with Crippen LogP contribution in [0.5, 0.6) is 0 Å². The van der Waals surface area contributed by atoms with Crippen LogP contribution < -0.4 is 0 Å². The molecule has 0 spiro atoms. The summed E-state index contributed by atoms with van der Waals surface area (Å²) >= 11 is 0. The van der Waals surface area contributed by atoms with Crippen molar-refractivity contribution in [3.8, 4) is 0 Å². The summed E-state index contributed by atoms with van der Waals surface area (Å²) in [6, 6.07) is 0. The second kappa shape index (κ2) is 11.2. The minimum Gasteiger partial charge on any atom is -0.458 e. The highest BCUT2D eigenvalue weighted by Crippen LogP contribution is 2.70. The minimum absolute atomic E-state index is 0.00957. The van der Waals surface area contributed by atoms with E-state index in [4.69, 9.17) is 18.9 Å². The third-order valence-electron chi connectivity index (χ3n) is 12.5. The van der Waals surface area contributed by atoms with E-state index in [1.165, 1.54) is 0 Å². The summed E-state index contributed by atoms with van der Waals surface area (Å²) in [7, 11) is 1.58. The molecular weight excluding hydrogens is 542 g/mol. The van der Waals surface area contributed by atoms with Gasteiger partial charge in [-0.05, 0) is 81.6 Å². The van der Waals surface area contributed by atoms with Crippen LogP contribution in [0.1, 0.15) is 78.1 Å². The lowest BCUT2D eigenvalue weighted by Gasteiger charge is -2.66. The van der Waals surface area contributed by atoms with Gasteiger partial charge in [0.1, 0.15) is 12.7 Å². The molecule has 5 fully saturated rings. The van der Waals surface area contributed by atoms with Crippen molar-refractivity contribution in [2.24, 2.45) is 33.6 Å². The fourth-order valence-electron chi connectivity index (χ4n) is 10.3. The van der Waals surface area contributed by atoms with E-state index >= 15 is 0 Å². The summed E-state index contributed by atoms with van der Waals surface area (Å²) in [4.78, 5) is 16.5. The van der Waals surface area contributed by atoms with Gasteiger partial charge in [0.2, 0.25) is 0 Å². The van der Waals surface area contributed by atoms with Gasteiger partial charge in [0.15, 0.2) is 6.29 Å². The van der Waals surface area contributed by atoms with Crippen molar-refractivity contribution < 1.29 is 44.2 Å². The molecule has 0 unspecified atom stereocenters. The van der Waals surface area contributed by atoms with E-state index in [0.717, 1.165) is 24.8 Å². The van der Waals surface area contributed by atoms with Crippen molar-refractivity contribution >= 4 is 12.2 Å². The molecule has 1 saturated heterocycles. The average molecular weight is 592 g/mol. The number of carbonyl (C=O) groups excluding carboxylic acids is 1. The highest BCUT2D eigenvalue weighted by molar-refractivity contribution is 5.85. The van der Waals surface area contributed by atoms with Gasteiger partial charge in [-0.25, -0.2) is 4.79 Å². The molecule has 0 amide bonds. The van der Waals surface area contributed by atoms with Gasteiger partial charge < -0.3 is 39.4 Å². The van der Waals surface area contributed by atoms with Crippen LogP contribution in [-0.4, -0.2) is 101 Å². The van der Waals surface area contributed by atoms with E-state index in [0.29, 0.717) is 51.6 Å². The number of carbonyl (C=O) groups is 1. The van der Waals surface area contributed by atoms with Crippen molar-refractivity contribution in [2.45, 2.75) is 120 Å². The molecule has 4 saturated carbocycles. The lowest BCUT2D eigenvalue weighted by atomic mass is 9.41. The molecule has 0 radical (unpaired) electrons. The monoisotopic (exact) mass is 591 g/mol. The summed E-state index contributed by atoms with van der Waals surface area (Å²) in [5, 5.41) is 45.0. The summed E-state index contributed by atoms with van der Waals surface area (Å²) < 4.78 is 23.1. The smallest absolute Gasteiger partial charge is 0.331 e. The molecule has 6 aliphatic rings. The lowest BCUT2D eigenvalue weighted by molar-refractivity contribution is -0.284. The number of ether oxygens (including phenoxy) is 4. The fourth-order valence-corrected chi connectivity index (χ4v) is 10.3. The van der Waals surface area contributed by atoms with Crippen LogP contribution >= 0.6 is 0 Å². The zero-order valence-corrected chi connectivity index (χ0v) is 25.2. The molecule has 0 bridgehead atoms. The first-order valence-electron chi connectivity index (χ1n) is 16.0. The molecule has 42 heavy (non-hydrogen) atoms. The van der Waals surface area contributed by atoms with Gasteiger partial charge in [0, 0.05) is 43.1 Å². The number of fused-ring (bicyclic) bond motifs is 5. The van der Waals surface area contributed by atoms with Crippen molar-refractivity contribution in [2.75, 3.05) is 26.9 Å². The highest BCUT2D eigenvalue weighted by Gasteiger charge is 2.71. The van der Waals surface area contributed by atoms with E-state index in [1.54, 1.807) is 13.2 Å². The Kier molecular flexibility index (Phi) is 8.16. The molecule has 10 heteroatoms. The maximum absolute atomic E-state index is 12.6. The second-order valence-electron chi connectivity index (χ2n) is 14.2. The molecule has 2 aliphatic heterocycles. The summed E-state index contributed by atoms with van der Waals surface area (Å²) in [6.45, 7) is 4.53. The number of aliphatic hydroxyl groups excluding tert-OH is 2. The first-order valence-corrected chi connectivity index (χ1v) is 16.0. The summed E-state index contributed by atoms with van der Waals surface area (Å²) in [5.41, 5.74) is -2.00. The van der Waals surface area contributed by atoms with Gasteiger partial charge in [0.25, 0.3) is 0 Å². The zero-order chi connectivity index (χ0) is 29.9. The topological polar surface area (TPSA) is 147 Å². The normalized spacial score (nSPS) is 50.6. The molecule has 4 N–H and O–H groups in total. The lowest BCUT2D eigenvalue weighted by Crippen LogP contribution is -2.69. The summed E-state index contributed by atoms with van der Waals surface area (Å²) in [6.07, 6.45) is 7.86. The SMILES string of the molecule is CO[C@@H]1C[C@H](O[C@@H]2CC[C@]3(C=NCCO)[C@H]4CC[C@]5(C)[C@H](C6=CC(=O)OC6)CC[C@]5(O)[C@@H]4CC[C@]3(O)C2)O[C@@H](C)[C@H]1O. The largest absolute Gasteiger partial charge is 0.458 e. The Balaban J connectivity index is 1.25. The number of hydrogen-bond donors (Lipinski definition) is 4. The van der Waals surface area contributed by atoms with Gasteiger partial charge in [0.05, 0.1) is 42.7 Å². The van der Waals surface area contributed by atoms with Crippen molar-refractivity contribution in [3.63, 3.8) is 0 Å². The van der Waals surface area contributed by atoms with Crippen LogP contribution in [-0.2, 0) is 23.7 Å². The van der Waals surface area contributed by atoms with Crippen LogP contribution in [0, 0.1) is 28.6 Å². The first kappa shape index (κ1) is 30.6. The van der Waals surface area contributed by atoms with Crippen LogP contribution in [0.15, 0.2) is 16.6 Å². The predicted molar refractivity (Wildman–Crippen MR) is 153 cm³/mol. The van der Waals surface area contributed by atoms with Gasteiger partial charge in [-0.2, -0.15) is 0 Å². The van der Waals surface area contributed by atoms with Crippen LogP contribution in [0.25, 0.3) is 0 Å². The number of cyclic esters (lactones) is 1. The Bertz CT molecular complexity index is 1100. The molecule has 2 heterocycles. The van der Waals surface area contributed by atoms with Gasteiger partial charge in [-0.15, -0.1) is 0 Å². The number of aliphatic hydroxyl groups is 4. The number of rotatable bonds is 7. The van der Waals surface area contributed by atoms with Crippen LogP contribution in [0.3, 0.4) is 0 Å². The third kappa shape index (κ3) is 4.63. The third-order valence-corrected chi connectivity index (χ3v) is 12.5. The van der Waals surface area contributed by atoms with E-state index in [-0.39, 0.29) is 54.5 Å². The van der Waals surface area contributed by atoms with E-state index in [2.05, 4.69) is 11.9 Å². The van der Waals surface area contributed by atoms with Crippen LogP contribution in [0.4, 0.5) is 0 Å². The summed E-state index contributed by atoms with van der Waals surface area (Å²) in [5.74, 6) is -0.165. The number of esters is 1. The number of nitrogens with zero attached hydrogens (tertiary/aromatic N) is 1. The molecule has 0 aromatic heterocycles. The van der Waals surface area contributed by atoms with Crippen LogP contribution in [0.2, 0.25) is 0 Å². The maximum Gasteiger partial charge on any atom is 0.331 e. The highest BCUT2D eigenvalue weighted by atomic mass is 16.7. The molecular formula is C32H49NO9. The molecule has 12 atom stereocenters. The molecule has 4 aliphatic carbocycles. The predicted octanol–water partition coefficient (Wildman–Crippen LogP) is 2.30. The molecule has 6 rings (SSSR count). The minimum atomic E-state index is -1.08. The van der Waals surface area contributed by atoms with E-state index in [9.17, 15) is 25.2 Å². The van der Waals surface area contributed by atoms with E-state index in [1.807, 2.05) is 13.1 Å². The Hall–Kier alpha value is -1.40. The Morgan fingerprint density at radius 3 is 2.62 bits per heavy atom. The Morgan fingerprint density at radius 2 is 1.90 bits per heavy atom. The maximum atomic E-state index is 12.6. The second-order valence-corrected chi connectivity index (χ2v) is 14.2. The zero-order valence-electron chi connectivity index (χ0n) is 25.2. The average Bonchev–Trinajstić information content (AvgIpc) is 3.50. The van der Waals surface area contributed by atoms with Gasteiger partial charge in [-0.3, -0.25) is 4.99 Å². The van der Waals surface area contributed by atoms with E-state index < -0.39 is 35.1 Å². The quantitative estimate of drug-likeness (QED) is 0.199. The molecule has 0 aromatic carbocycles. The van der Waals surface area contributed by atoms with Gasteiger partial charge in [-0.1, -0.05) is 6.92 Å². The molecule has 236 valence electrons. The number of hydrogen-bond acceptors (Lipinski definition) is 10. The van der Waals surface area contributed by atoms with Crippen molar-refractivity contribution in [1.29, 1.82) is 0 Å². The standard InChI is InChI=1S/C32H49NO9/c1-19-28(36)25(39-3)15-27(41-19)42-21-4-9-30(18-33-12-13-34)23-5-8-29(2)22(20-14-26(35)40-17-20)7-11-32(29,38)24(23)6-10-31(30,37)16-21/h14,18-19,21-25,27-28,34,36-38H,4-13,15-17H2,1-3H3/t19-,21+,22-,23-,24+,25+,27-,28+,29+,30-,31-,32-/m0/s1. The molecule has 0 aromatic rings. The Morgan fingerprint density at radius 1 is 1.12 bits per heavy atom. The van der Waals surface area contributed by atoms with Crippen molar-refractivity contribution in [3.05, 3.63) is 11.6 Å². The van der Waals surface area contributed by atoms with Crippen molar-refractivity contribution in [1.82, 2.24) is 0 Å². The van der Waals surface area contributed by atoms with Gasteiger partial charge >= 0.3 is 5.97 Å². The molecule has 10 nitrogen and oxygen atoms in total.